The van der Waals surface area contributed by atoms with Gasteiger partial charge in [0.25, 0.3) is 0 Å². The average molecular weight is 218 g/mol. The Morgan fingerprint density at radius 3 is 2.88 bits per heavy atom. The van der Waals surface area contributed by atoms with Gasteiger partial charge in [-0.05, 0) is 17.5 Å². The van der Waals surface area contributed by atoms with Gasteiger partial charge in [0.1, 0.15) is 0 Å². The van der Waals surface area contributed by atoms with Crippen molar-refractivity contribution in [3.05, 3.63) is 36.0 Å². The van der Waals surface area contributed by atoms with Gasteiger partial charge in [0, 0.05) is 11.6 Å². The number of para-hydroxylation sites is 1. The zero-order chi connectivity index (χ0) is 11.7. The molecule has 2 aromatic rings. The molecular weight excluding hydrogens is 204 g/mol. The smallest absolute Gasteiger partial charge is 0.303 e. The molecular formula is C12H14N2O2. The number of fused-ring (bicyclic) bond motifs is 1. The van der Waals surface area contributed by atoms with Crippen LogP contribution in [0.25, 0.3) is 10.9 Å². The van der Waals surface area contributed by atoms with Crippen LogP contribution in [0.15, 0.2) is 30.5 Å². The van der Waals surface area contributed by atoms with Crippen LogP contribution in [-0.4, -0.2) is 15.8 Å². The molecule has 1 heterocycles. The molecule has 0 aliphatic carbocycles. The second kappa shape index (κ2) is 3.89. The summed E-state index contributed by atoms with van der Waals surface area (Å²) in [6.07, 6.45) is 1.92. The molecule has 16 heavy (non-hydrogen) atoms. The van der Waals surface area contributed by atoms with Crippen LogP contribution >= 0.6 is 0 Å². The Kier molecular flexibility index (Phi) is 2.56. The van der Waals surface area contributed by atoms with E-state index in [0.717, 1.165) is 16.5 Å². The first-order valence-corrected chi connectivity index (χ1v) is 5.16. The molecule has 1 unspecified atom stereocenters. The van der Waals surface area contributed by atoms with Crippen molar-refractivity contribution in [1.82, 2.24) is 4.68 Å². The van der Waals surface area contributed by atoms with E-state index in [9.17, 15) is 4.79 Å². The van der Waals surface area contributed by atoms with E-state index in [4.69, 9.17) is 10.9 Å². The molecule has 0 saturated heterocycles. The molecule has 0 bridgehead atoms. The lowest BCUT2D eigenvalue weighted by Gasteiger charge is -2.06. The van der Waals surface area contributed by atoms with Gasteiger partial charge in [-0.15, -0.1) is 0 Å². The van der Waals surface area contributed by atoms with Gasteiger partial charge in [0.05, 0.1) is 11.9 Å². The zero-order valence-electron chi connectivity index (χ0n) is 9.05. The van der Waals surface area contributed by atoms with Crippen LogP contribution < -0.4 is 5.84 Å². The van der Waals surface area contributed by atoms with Crippen molar-refractivity contribution in [2.24, 2.45) is 0 Å². The molecule has 0 spiro atoms. The monoisotopic (exact) mass is 218 g/mol. The van der Waals surface area contributed by atoms with Crippen molar-refractivity contribution in [2.75, 3.05) is 5.84 Å². The molecule has 0 aliphatic heterocycles. The highest BCUT2D eigenvalue weighted by Gasteiger charge is 2.15. The number of carboxylic acids is 1. The summed E-state index contributed by atoms with van der Waals surface area (Å²) >= 11 is 0. The van der Waals surface area contributed by atoms with E-state index in [-0.39, 0.29) is 12.3 Å². The minimum absolute atomic E-state index is 0.0350. The van der Waals surface area contributed by atoms with Crippen molar-refractivity contribution in [2.45, 2.75) is 19.3 Å². The van der Waals surface area contributed by atoms with E-state index in [2.05, 4.69) is 0 Å². The van der Waals surface area contributed by atoms with Crippen molar-refractivity contribution in [3.8, 4) is 0 Å². The third-order valence-electron chi connectivity index (χ3n) is 2.78. The van der Waals surface area contributed by atoms with Crippen LogP contribution in [0.5, 0.6) is 0 Å². The van der Waals surface area contributed by atoms with E-state index < -0.39 is 5.97 Å². The molecule has 3 N–H and O–H groups in total. The highest BCUT2D eigenvalue weighted by Crippen LogP contribution is 2.28. The Morgan fingerprint density at radius 1 is 1.50 bits per heavy atom. The lowest BCUT2D eigenvalue weighted by Crippen LogP contribution is -2.06. The lowest BCUT2D eigenvalue weighted by atomic mass is 9.97. The molecule has 1 aromatic carbocycles. The van der Waals surface area contributed by atoms with Gasteiger partial charge in [-0.25, -0.2) is 0 Å². The van der Waals surface area contributed by atoms with Crippen molar-refractivity contribution >= 4 is 16.9 Å². The summed E-state index contributed by atoms with van der Waals surface area (Å²) in [5.74, 6) is 4.99. The number of carbonyl (C=O) groups is 1. The topological polar surface area (TPSA) is 68.2 Å². The Balaban J connectivity index is 2.48. The number of nitrogens with zero attached hydrogens (tertiary/aromatic N) is 1. The number of rotatable bonds is 3. The van der Waals surface area contributed by atoms with Gasteiger partial charge in [0.2, 0.25) is 0 Å². The Labute approximate surface area is 93.3 Å². The molecule has 4 nitrogen and oxygen atoms in total. The number of aromatic nitrogens is 1. The third-order valence-corrected chi connectivity index (χ3v) is 2.78. The molecule has 1 atom stereocenters. The maximum absolute atomic E-state index is 10.7. The second-order valence-corrected chi connectivity index (χ2v) is 4.01. The fraction of sp³-hybridized carbons (Fsp3) is 0.250. The predicted octanol–water partition coefficient (Wildman–Crippen LogP) is 1.93. The number of hydrogen-bond donors (Lipinski definition) is 2. The molecule has 4 heteroatoms. The standard InChI is InChI=1S/C12H14N2O2/c1-8(6-12(15)16)10-7-14(13)11-5-3-2-4-9(10)11/h2-5,7-8H,6,13H2,1H3,(H,15,16). The number of aliphatic carboxylic acids is 1. The lowest BCUT2D eigenvalue weighted by molar-refractivity contribution is -0.137. The number of hydrogen-bond acceptors (Lipinski definition) is 2. The molecule has 2 rings (SSSR count). The van der Waals surface area contributed by atoms with Crippen molar-refractivity contribution in [1.29, 1.82) is 0 Å². The van der Waals surface area contributed by atoms with Gasteiger partial charge in [-0.1, -0.05) is 25.1 Å². The first-order chi connectivity index (χ1) is 7.59. The minimum atomic E-state index is -0.790. The maximum Gasteiger partial charge on any atom is 0.303 e. The summed E-state index contributed by atoms with van der Waals surface area (Å²) in [6, 6.07) is 7.73. The van der Waals surface area contributed by atoms with Crippen LogP contribution in [0.1, 0.15) is 24.8 Å². The summed E-state index contributed by atoms with van der Waals surface area (Å²) in [5.41, 5.74) is 1.91. The fourth-order valence-electron chi connectivity index (χ4n) is 2.00. The Hall–Kier alpha value is -1.97. The second-order valence-electron chi connectivity index (χ2n) is 4.01. The molecule has 0 fully saturated rings. The highest BCUT2D eigenvalue weighted by molar-refractivity contribution is 5.85. The fourth-order valence-corrected chi connectivity index (χ4v) is 2.00. The first kappa shape index (κ1) is 10.5. The van der Waals surface area contributed by atoms with E-state index in [1.807, 2.05) is 31.2 Å². The van der Waals surface area contributed by atoms with Gasteiger partial charge in [0.15, 0.2) is 0 Å². The molecule has 0 aliphatic rings. The summed E-state index contributed by atoms with van der Waals surface area (Å²) in [4.78, 5) is 10.7. The average Bonchev–Trinajstić information content (AvgIpc) is 2.56. The summed E-state index contributed by atoms with van der Waals surface area (Å²) < 4.78 is 1.54. The molecule has 0 radical (unpaired) electrons. The number of nitrogens with two attached hydrogens (primary N) is 1. The number of nitrogen functional groups attached to an aromatic ring is 1. The number of benzene rings is 1. The van der Waals surface area contributed by atoms with Gasteiger partial charge < -0.3 is 10.9 Å². The van der Waals surface area contributed by atoms with Crippen LogP contribution in [0.2, 0.25) is 0 Å². The molecule has 0 saturated carbocycles. The summed E-state index contributed by atoms with van der Waals surface area (Å²) in [5, 5.41) is 9.81. The SMILES string of the molecule is CC(CC(=O)O)c1cn(N)c2ccccc12. The summed E-state index contributed by atoms with van der Waals surface area (Å²) in [6.45, 7) is 1.90. The van der Waals surface area contributed by atoms with Crippen molar-refractivity contribution < 1.29 is 9.90 Å². The largest absolute Gasteiger partial charge is 0.481 e. The quantitative estimate of drug-likeness (QED) is 0.773. The van der Waals surface area contributed by atoms with E-state index in [1.165, 1.54) is 0 Å². The zero-order valence-corrected chi connectivity index (χ0v) is 9.05. The van der Waals surface area contributed by atoms with Gasteiger partial charge in [-0.3, -0.25) is 9.47 Å². The van der Waals surface area contributed by atoms with E-state index in [0.29, 0.717) is 0 Å². The number of carboxylic acid groups (broad SMARTS) is 1. The third kappa shape index (κ3) is 1.74. The van der Waals surface area contributed by atoms with E-state index in [1.54, 1.807) is 10.9 Å². The Bertz CT molecular complexity index is 531. The van der Waals surface area contributed by atoms with Gasteiger partial charge in [-0.2, -0.15) is 0 Å². The van der Waals surface area contributed by atoms with Crippen molar-refractivity contribution in [3.63, 3.8) is 0 Å². The Morgan fingerprint density at radius 2 is 2.19 bits per heavy atom. The first-order valence-electron chi connectivity index (χ1n) is 5.16. The van der Waals surface area contributed by atoms with Gasteiger partial charge >= 0.3 is 5.97 Å². The predicted molar refractivity (Wildman–Crippen MR) is 62.8 cm³/mol. The van der Waals surface area contributed by atoms with Crippen LogP contribution in [0.4, 0.5) is 0 Å². The molecule has 1 aromatic heterocycles. The van der Waals surface area contributed by atoms with Crippen LogP contribution in [0.3, 0.4) is 0 Å². The summed E-state index contributed by atoms with van der Waals surface area (Å²) in [7, 11) is 0. The molecule has 84 valence electrons. The normalized spacial score (nSPS) is 12.8. The van der Waals surface area contributed by atoms with Crippen LogP contribution in [0, 0.1) is 0 Å². The molecule has 0 amide bonds. The maximum atomic E-state index is 10.7. The minimum Gasteiger partial charge on any atom is -0.481 e. The van der Waals surface area contributed by atoms with Crippen LogP contribution in [-0.2, 0) is 4.79 Å². The van der Waals surface area contributed by atoms with E-state index >= 15 is 0 Å². The highest BCUT2D eigenvalue weighted by atomic mass is 16.4.